The molecule has 2 heterocycles. The number of rotatable bonds is 7. The fraction of sp³-hybridized carbons (Fsp3) is 0.308. The highest BCUT2D eigenvalue weighted by Crippen LogP contribution is 2.35. The summed E-state index contributed by atoms with van der Waals surface area (Å²) >= 11 is 0. The molecule has 2 aromatic carbocycles. The van der Waals surface area contributed by atoms with Crippen LogP contribution >= 0.6 is 0 Å². The Hall–Kier alpha value is -3.15. The van der Waals surface area contributed by atoms with Crippen molar-refractivity contribution in [1.29, 1.82) is 0 Å². The highest BCUT2D eigenvalue weighted by atomic mass is 19.1. The number of ether oxygens (including phenoxy) is 1. The molecule has 3 aromatic rings. The van der Waals surface area contributed by atoms with Gasteiger partial charge in [0.25, 0.3) is 0 Å². The van der Waals surface area contributed by atoms with E-state index in [1.165, 1.54) is 24.3 Å². The summed E-state index contributed by atoms with van der Waals surface area (Å²) in [5, 5.41) is 0. The quantitative estimate of drug-likeness (QED) is 0.396. The van der Waals surface area contributed by atoms with E-state index >= 15 is 0 Å². The van der Waals surface area contributed by atoms with Gasteiger partial charge in [0.1, 0.15) is 17.5 Å². The lowest BCUT2D eigenvalue weighted by Gasteiger charge is -2.15. The lowest BCUT2D eigenvalue weighted by molar-refractivity contribution is 0.185. The van der Waals surface area contributed by atoms with E-state index in [2.05, 4.69) is 23.8 Å². The van der Waals surface area contributed by atoms with E-state index < -0.39 is 23.5 Å². The van der Waals surface area contributed by atoms with Crippen molar-refractivity contribution in [2.45, 2.75) is 51.7 Å². The molecule has 32 heavy (non-hydrogen) atoms. The van der Waals surface area contributed by atoms with Crippen LogP contribution in [0.5, 0.6) is 5.88 Å². The van der Waals surface area contributed by atoms with E-state index in [0.717, 1.165) is 18.4 Å². The summed E-state index contributed by atoms with van der Waals surface area (Å²) < 4.78 is 48.9. The summed E-state index contributed by atoms with van der Waals surface area (Å²) in [5.74, 6) is -1.15. The van der Waals surface area contributed by atoms with Crippen LogP contribution in [0.1, 0.15) is 56.7 Å². The first-order valence-electron chi connectivity index (χ1n) is 10.9. The predicted molar refractivity (Wildman–Crippen MR) is 119 cm³/mol. The second kappa shape index (κ2) is 9.55. The van der Waals surface area contributed by atoms with Crippen molar-refractivity contribution in [3.05, 3.63) is 83.3 Å². The van der Waals surface area contributed by atoms with Gasteiger partial charge < -0.3 is 4.74 Å². The minimum Gasteiger partial charge on any atom is -0.474 e. The van der Waals surface area contributed by atoms with Crippen LogP contribution in [0.25, 0.3) is 11.1 Å². The van der Waals surface area contributed by atoms with Gasteiger partial charge in [0.2, 0.25) is 5.88 Å². The van der Waals surface area contributed by atoms with Gasteiger partial charge in [-0.2, -0.15) is 0 Å². The molecule has 4 rings (SSSR count). The van der Waals surface area contributed by atoms with Gasteiger partial charge in [0.15, 0.2) is 0 Å². The van der Waals surface area contributed by atoms with Crippen molar-refractivity contribution >= 4 is 5.71 Å². The van der Waals surface area contributed by atoms with Crippen LogP contribution in [0, 0.1) is 17.5 Å². The van der Waals surface area contributed by atoms with E-state index in [1.807, 2.05) is 12.1 Å². The first kappa shape index (κ1) is 22.1. The molecule has 1 atom stereocenters. The molecule has 0 saturated carbocycles. The Morgan fingerprint density at radius 3 is 2.28 bits per heavy atom. The SMILES string of the molecule is CCC(CC)Oc1ccc(-c2ccc([C@H]3CCC(c4c(F)cccc4F)=N3)c(F)c2)cn1. The van der Waals surface area contributed by atoms with Gasteiger partial charge in [-0.3, -0.25) is 4.99 Å². The molecule has 0 spiro atoms. The molecule has 0 amide bonds. The fourth-order valence-corrected chi connectivity index (χ4v) is 4.00. The van der Waals surface area contributed by atoms with Crippen molar-refractivity contribution in [2.24, 2.45) is 4.99 Å². The highest BCUT2D eigenvalue weighted by Gasteiger charge is 2.26. The summed E-state index contributed by atoms with van der Waals surface area (Å²) in [6.07, 6.45) is 4.50. The number of hydrogen-bond acceptors (Lipinski definition) is 3. The van der Waals surface area contributed by atoms with E-state index in [0.29, 0.717) is 35.6 Å². The monoisotopic (exact) mass is 438 g/mol. The van der Waals surface area contributed by atoms with Gasteiger partial charge in [0, 0.05) is 29.1 Å². The van der Waals surface area contributed by atoms with Crippen LogP contribution in [0.4, 0.5) is 13.2 Å². The van der Waals surface area contributed by atoms with E-state index in [-0.39, 0.29) is 11.7 Å². The van der Waals surface area contributed by atoms with Crippen LogP contribution < -0.4 is 4.74 Å². The van der Waals surface area contributed by atoms with Gasteiger partial charge in [-0.25, -0.2) is 18.2 Å². The number of pyridine rings is 1. The molecule has 3 nitrogen and oxygen atoms in total. The van der Waals surface area contributed by atoms with Crippen molar-refractivity contribution < 1.29 is 17.9 Å². The lowest BCUT2D eigenvalue weighted by atomic mass is 9.99. The van der Waals surface area contributed by atoms with Crippen molar-refractivity contribution in [3.8, 4) is 17.0 Å². The molecule has 0 fully saturated rings. The lowest BCUT2D eigenvalue weighted by Crippen LogP contribution is -2.14. The maximum Gasteiger partial charge on any atom is 0.213 e. The van der Waals surface area contributed by atoms with Gasteiger partial charge >= 0.3 is 0 Å². The summed E-state index contributed by atoms with van der Waals surface area (Å²) in [5.41, 5.74) is 2.11. The Balaban J connectivity index is 1.53. The first-order chi connectivity index (χ1) is 15.5. The molecule has 0 bridgehead atoms. The minimum atomic E-state index is -0.649. The molecular weight excluding hydrogens is 413 g/mol. The molecule has 0 radical (unpaired) electrons. The molecule has 1 aliphatic rings. The third-order valence-electron chi connectivity index (χ3n) is 5.84. The predicted octanol–water partition coefficient (Wildman–Crippen LogP) is 7.06. The van der Waals surface area contributed by atoms with Crippen molar-refractivity contribution in [2.75, 3.05) is 0 Å². The van der Waals surface area contributed by atoms with Crippen LogP contribution in [-0.4, -0.2) is 16.8 Å². The Kier molecular flexibility index (Phi) is 6.58. The largest absolute Gasteiger partial charge is 0.474 e. The Bertz CT molecular complexity index is 1100. The van der Waals surface area contributed by atoms with Crippen LogP contribution in [0.15, 0.2) is 59.7 Å². The summed E-state index contributed by atoms with van der Waals surface area (Å²) in [6.45, 7) is 4.13. The van der Waals surface area contributed by atoms with Crippen LogP contribution in [0.2, 0.25) is 0 Å². The second-order valence-electron chi connectivity index (χ2n) is 7.90. The van der Waals surface area contributed by atoms with Crippen LogP contribution in [-0.2, 0) is 0 Å². The van der Waals surface area contributed by atoms with E-state index in [4.69, 9.17) is 4.74 Å². The van der Waals surface area contributed by atoms with Gasteiger partial charge in [0.05, 0.1) is 17.7 Å². The topological polar surface area (TPSA) is 34.5 Å². The Labute approximate surface area is 186 Å². The van der Waals surface area contributed by atoms with Crippen LogP contribution in [0.3, 0.4) is 0 Å². The third-order valence-corrected chi connectivity index (χ3v) is 5.84. The Morgan fingerprint density at radius 1 is 0.938 bits per heavy atom. The van der Waals surface area contributed by atoms with Gasteiger partial charge in [-0.1, -0.05) is 32.0 Å². The maximum atomic E-state index is 15.0. The molecular formula is C26H25F3N2O. The zero-order valence-corrected chi connectivity index (χ0v) is 18.1. The molecule has 0 aliphatic carbocycles. The second-order valence-corrected chi connectivity index (χ2v) is 7.90. The van der Waals surface area contributed by atoms with Gasteiger partial charge in [-0.05, 0) is 55.5 Å². The smallest absolute Gasteiger partial charge is 0.213 e. The third kappa shape index (κ3) is 4.54. The molecule has 1 aliphatic heterocycles. The average molecular weight is 438 g/mol. The molecule has 1 aromatic heterocycles. The highest BCUT2D eigenvalue weighted by molar-refractivity contribution is 6.02. The van der Waals surface area contributed by atoms with E-state index in [1.54, 1.807) is 18.3 Å². The van der Waals surface area contributed by atoms with E-state index in [9.17, 15) is 13.2 Å². The number of aliphatic imine (C=N–C) groups is 1. The number of nitrogens with zero attached hydrogens (tertiary/aromatic N) is 2. The summed E-state index contributed by atoms with van der Waals surface area (Å²) in [7, 11) is 0. The molecule has 0 unspecified atom stereocenters. The summed E-state index contributed by atoms with van der Waals surface area (Å²) in [4.78, 5) is 8.78. The number of aromatic nitrogens is 1. The number of halogens is 3. The molecule has 0 saturated heterocycles. The molecule has 0 N–H and O–H groups in total. The van der Waals surface area contributed by atoms with Crippen molar-refractivity contribution in [3.63, 3.8) is 0 Å². The summed E-state index contributed by atoms with van der Waals surface area (Å²) in [6, 6.07) is 11.9. The molecule has 166 valence electrons. The maximum absolute atomic E-state index is 15.0. The number of benzene rings is 2. The zero-order valence-electron chi connectivity index (χ0n) is 18.1. The first-order valence-corrected chi connectivity index (χ1v) is 10.9. The normalized spacial score (nSPS) is 15.8. The minimum absolute atomic E-state index is 0.117. The average Bonchev–Trinajstić information content (AvgIpc) is 3.27. The van der Waals surface area contributed by atoms with Crippen molar-refractivity contribution in [1.82, 2.24) is 4.98 Å². The van der Waals surface area contributed by atoms with Gasteiger partial charge in [-0.15, -0.1) is 0 Å². The fourth-order valence-electron chi connectivity index (χ4n) is 4.00. The standard InChI is InChI=1S/C26H25F3N2O/c1-3-18(4-2)32-25-13-9-17(15-30-25)16-8-10-19(22(29)14-16)23-11-12-24(31-23)26-20(27)6-5-7-21(26)28/h5-10,13-15,18,23H,3-4,11-12H2,1-2H3/t23-/m1/s1. The number of hydrogen-bond donors (Lipinski definition) is 0. The Morgan fingerprint density at radius 2 is 1.66 bits per heavy atom. The zero-order chi connectivity index (χ0) is 22.7. The molecule has 6 heteroatoms.